The third-order valence-electron chi connectivity index (χ3n) is 3.55. The van der Waals surface area contributed by atoms with E-state index in [1.165, 1.54) is 6.42 Å². The van der Waals surface area contributed by atoms with Crippen molar-refractivity contribution >= 4 is 5.91 Å². The van der Waals surface area contributed by atoms with Gasteiger partial charge in [0, 0.05) is 25.6 Å². The summed E-state index contributed by atoms with van der Waals surface area (Å²) >= 11 is 0. The minimum Gasteiger partial charge on any atom is -0.456 e. The second-order valence-corrected chi connectivity index (χ2v) is 4.78. The van der Waals surface area contributed by atoms with Crippen molar-refractivity contribution in [3.8, 4) is 0 Å². The van der Waals surface area contributed by atoms with E-state index in [0.29, 0.717) is 24.8 Å². The summed E-state index contributed by atoms with van der Waals surface area (Å²) < 4.78 is 5.52. The molecule has 0 radical (unpaired) electrons. The number of hydrogen-bond acceptors (Lipinski definition) is 3. The highest BCUT2D eigenvalue weighted by atomic mass is 16.4. The maximum absolute atomic E-state index is 12.4. The van der Waals surface area contributed by atoms with Crippen LogP contribution in [-0.2, 0) is 6.42 Å². The fraction of sp³-hybridized carbons (Fsp3) is 0.643. The van der Waals surface area contributed by atoms with Gasteiger partial charge in [0.15, 0.2) is 5.76 Å². The zero-order chi connectivity index (χ0) is 13.0. The maximum Gasteiger partial charge on any atom is 0.289 e. The number of aliphatic hydroxyl groups is 1. The minimum absolute atomic E-state index is 0.0344. The number of hydrogen-bond donors (Lipinski definition) is 1. The lowest BCUT2D eigenvalue weighted by atomic mass is 9.91. The molecule has 0 saturated heterocycles. The largest absolute Gasteiger partial charge is 0.456 e. The van der Waals surface area contributed by atoms with E-state index in [9.17, 15) is 4.79 Å². The van der Waals surface area contributed by atoms with E-state index < -0.39 is 0 Å². The molecule has 0 spiro atoms. The predicted molar refractivity (Wildman–Crippen MR) is 68.5 cm³/mol. The molecular formula is C14H21NO3. The minimum atomic E-state index is -0.0344. The molecule has 0 aromatic carbocycles. The molecule has 1 aliphatic carbocycles. The van der Waals surface area contributed by atoms with Crippen LogP contribution >= 0.6 is 0 Å². The van der Waals surface area contributed by atoms with E-state index in [1.807, 2.05) is 17.9 Å². The average molecular weight is 251 g/mol. The zero-order valence-corrected chi connectivity index (χ0v) is 10.9. The first kappa shape index (κ1) is 13.1. The molecule has 1 saturated carbocycles. The van der Waals surface area contributed by atoms with Crippen molar-refractivity contribution < 1.29 is 14.3 Å². The Hall–Kier alpha value is -1.29. The number of aryl methyl sites for hydroxylation is 1. The first-order chi connectivity index (χ1) is 8.76. The second kappa shape index (κ2) is 6.05. The summed E-state index contributed by atoms with van der Waals surface area (Å²) in [7, 11) is 0. The number of rotatable bonds is 6. The summed E-state index contributed by atoms with van der Waals surface area (Å²) in [6.45, 7) is 2.74. The van der Waals surface area contributed by atoms with Gasteiger partial charge in [0.25, 0.3) is 5.91 Å². The smallest absolute Gasteiger partial charge is 0.289 e. The lowest BCUT2D eigenvalue weighted by Crippen LogP contribution is -2.44. The number of carbonyl (C=O) groups excluding carboxylic acids is 1. The monoisotopic (exact) mass is 251 g/mol. The lowest BCUT2D eigenvalue weighted by molar-refractivity contribution is 0.0529. The Labute approximate surface area is 108 Å². The quantitative estimate of drug-likeness (QED) is 0.843. The number of aliphatic hydroxyl groups excluding tert-OH is 1. The molecule has 1 heterocycles. The molecule has 1 N–H and O–H groups in total. The van der Waals surface area contributed by atoms with Gasteiger partial charge in [-0.15, -0.1) is 0 Å². The molecule has 2 rings (SSSR count). The molecule has 0 aliphatic heterocycles. The molecule has 1 aromatic rings. The van der Waals surface area contributed by atoms with Gasteiger partial charge in [0.2, 0.25) is 0 Å². The number of amides is 1. The third kappa shape index (κ3) is 2.75. The molecule has 1 fully saturated rings. The maximum atomic E-state index is 12.4. The second-order valence-electron chi connectivity index (χ2n) is 4.78. The molecule has 1 amide bonds. The van der Waals surface area contributed by atoms with Crippen LogP contribution in [0.25, 0.3) is 0 Å². The van der Waals surface area contributed by atoms with Crippen LogP contribution in [0.4, 0.5) is 0 Å². The van der Waals surface area contributed by atoms with Gasteiger partial charge >= 0.3 is 0 Å². The average Bonchev–Trinajstić information content (AvgIpc) is 2.79. The fourth-order valence-corrected chi connectivity index (χ4v) is 2.21. The van der Waals surface area contributed by atoms with Gasteiger partial charge in [-0.3, -0.25) is 4.79 Å². The molecule has 0 bridgehead atoms. The van der Waals surface area contributed by atoms with Gasteiger partial charge in [-0.25, -0.2) is 0 Å². The van der Waals surface area contributed by atoms with Crippen molar-refractivity contribution in [2.24, 2.45) is 0 Å². The molecular weight excluding hydrogens is 230 g/mol. The van der Waals surface area contributed by atoms with E-state index >= 15 is 0 Å². The Morgan fingerprint density at radius 3 is 2.78 bits per heavy atom. The molecule has 1 aliphatic rings. The normalized spacial score (nSPS) is 15.4. The third-order valence-corrected chi connectivity index (χ3v) is 3.55. The van der Waals surface area contributed by atoms with Gasteiger partial charge < -0.3 is 14.4 Å². The van der Waals surface area contributed by atoms with Gasteiger partial charge in [-0.1, -0.05) is 6.92 Å². The first-order valence-electron chi connectivity index (χ1n) is 6.76. The Kier molecular flexibility index (Phi) is 4.42. The van der Waals surface area contributed by atoms with Crippen molar-refractivity contribution in [3.05, 3.63) is 23.7 Å². The Balaban J connectivity index is 2.06. The molecule has 0 unspecified atom stereocenters. The predicted octanol–water partition coefficient (Wildman–Crippen LogP) is 2.22. The van der Waals surface area contributed by atoms with Crippen molar-refractivity contribution in [1.82, 2.24) is 4.90 Å². The van der Waals surface area contributed by atoms with Crippen LogP contribution < -0.4 is 0 Å². The summed E-state index contributed by atoms with van der Waals surface area (Å²) in [6.07, 6.45) is 4.75. The summed E-state index contributed by atoms with van der Waals surface area (Å²) in [6, 6.07) is 3.95. The van der Waals surface area contributed by atoms with Crippen LogP contribution in [0.1, 0.15) is 48.9 Å². The van der Waals surface area contributed by atoms with Gasteiger partial charge in [0.1, 0.15) is 5.76 Å². The lowest BCUT2D eigenvalue weighted by Gasteiger charge is -2.37. The van der Waals surface area contributed by atoms with Crippen molar-refractivity contribution in [2.75, 3.05) is 13.2 Å². The van der Waals surface area contributed by atoms with E-state index in [4.69, 9.17) is 9.52 Å². The first-order valence-corrected chi connectivity index (χ1v) is 6.76. The fourth-order valence-electron chi connectivity index (χ4n) is 2.21. The summed E-state index contributed by atoms with van der Waals surface area (Å²) in [4.78, 5) is 14.2. The molecule has 100 valence electrons. The van der Waals surface area contributed by atoms with Gasteiger partial charge in [-0.05, 0) is 37.8 Å². The molecule has 4 heteroatoms. The van der Waals surface area contributed by atoms with E-state index in [2.05, 4.69) is 0 Å². The van der Waals surface area contributed by atoms with Crippen LogP contribution in [0, 0.1) is 0 Å². The zero-order valence-electron chi connectivity index (χ0n) is 10.9. The van der Waals surface area contributed by atoms with Crippen LogP contribution in [0.2, 0.25) is 0 Å². The SMILES string of the molecule is CCc1ccc(C(=O)N(CCCO)C2CCC2)o1. The van der Waals surface area contributed by atoms with Crippen molar-refractivity contribution in [3.63, 3.8) is 0 Å². The highest BCUT2D eigenvalue weighted by Crippen LogP contribution is 2.26. The van der Waals surface area contributed by atoms with Crippen LogP contribution in [0.3, 0.4) is 0 Å². The van der Waals surface area contributed by atoms with Gasteiger partial charge in [-0.2, -0.15) is 0 Å². The highest BCUT2D eigenvalue weighted by molar-refractivity contribution is 5.91. The van der Waals surface area contributed by atoms with E-state index in [0.717, 1.165) is 25.0 Å². The standard InChI is InChI=1S/C14H21NO3/c1-2-12-7-8-13(18-12)14(17)15(9-4-10-16)11-5-3-6-11/h7-8,11,16H,2-6,9-10H2,1H3. The molecule has 0 atom stereocenters. The molecule has 1 aromatic heterocycles. The summed E-state index contributed by atoms with van der Waals surface area (Å²) in [5.74, 6) is 1.23. The van der Waals surface area contributed by atoms with E-state index in [-0.39, 0.29) is 12.5 Å². The topological polar surface area (TPSA) is 53.7 Å². The van der Waals surface area contributed by atoms with Crippen molar-refractivity contribution in [2.45, 2.75) is 45.1 Å². The Morgan fingerprint density at radius 2 is 2.28 bits per heavy atom. The van der Waals surface area contributed by atoms with Crippen LogP contribution in [0.15, 0.2) is 16.5 Å². The number of nitrogens with zero attached hydrogens (tertiary/aromatic N) is 1. The number of furan rings is 1. The van der Waals surface area contributed by atoms with Gasteiger partial charge in [0.05, 0.1) is 0 Å². The van der Waals surface area contributed by atoms with Crippen LogP contribution in [0.5, 0.6) is 0 Å². The molecule has 4 nitrogen and oxygen atoms in total. The Morgan fingerprint density at radius 1 is 1.50 bits per heavy atom. The Bertz CT molecular complexity index is 395. The van der Waals surface area contributed by atoms with Crippen LogP contribution in [-0.4, -0.2) is 35.1 Å². The number of carbonyl (C=O) groups is 1. The summed E-state index contributed by atoms with van der Waals surface area (Å²) in [5.41, 5.74) is 0. The molecule has 18 heavy (non-hydrogen) atoms. The van der Waals surface area contributed by atoms with E-state index in [1.54, 1.807) is 6.07 Å². The van der Waals surface area contributed by atoms with Crippen molar-refractivity contribution in [1.29, 1.82) is 0 Å². The highest BCUT2D eigenvalue weighted by Gasteiger charge is 2.30. The summed E-state index contributed by atoms with van der Waals surface area (Å²) in [5, 5.41) is 8.92.